The van der Waals surface area contributed by atoms with Gasteiger partial charge in [-0.1, -0.05) is 26.0 Å². The first-order valence-electron chi connectivity index (χ1n) is 8.48. The Morgan fingerprint density at radius 3 is 2.46 bits per heavy atom. The molecule has 0 aliphatic rings. The van der Waals surface area contributed by atoms with E-state index in [-0.39, 0.29) is 5.82 Å². The second-order valence-corrected chi connectivity index (χ2v) is 6.26. The number of nitrogens with one attached hydrogen (secondary N) is 2. The van der Waals surface area contributed by atoms with Gasteiger partial charge in [0.2, 0.25) is 5.91 Å². The molecule has 4 N–H and O–H groups in total. The van der Waals surface area contributed by atoms with Crippen LogP contribution in [0.2, 0.25) is 0 Å². The molecule has 5 nitrogen and oxygen atoms in total. The van der Waals surface area contributed by atoms with E-state index >= 15 is 0 Å². The molecule has 0 spiro atoms. The standard InChI is InChI=1S/C18H29FN4O/c1-4-21-18(22-10-9-13(2)3)23-12-15(17(20)24)11-14-5-7-16(19)8-6-14/h5-8,13,15H,4,9-12H2,1-3H3,(H2,20,24)(H2,21,22,23). The van der Waals surface area contributed by atoms with E-state index in [0.717, 1.165) is 25.1 Å². The SMILES string of the molecule is CCNC(=NCC(Cc1ccc(F)cc1)C(N)=O)NCCC(C)C. The number of benzene rings is 1. The second-order valence-electron chi connectivity index (χ2n) is 6.26. The summed E-state index contributed by atoms with van der Waals surface area (Å²) in [7, 11) is 0. The highest BCUT2D eigenvalue weighted by molar-refractivity contribution is 5.81. The van der Waals surface area contributed by atoms with Gasteiger partial charge >= 0.3 is 0 Å². The first-order valence-corrected chi connectivity index (χ1v) is 8.48. The first kappa shape index (κ1) is 19.9. The number of halogens is 1. The summed E-state index contributed by atoms with van der Waals surface area (Å²) in [5, 5.41) is 6.41. The van der Waals surface area contributed by atoms with Gasteiger partial charge in [-0.3, -0.25) is 9.79 Å². The molecule has 0 saturated heterocycles. The Morgan fingerprint density at radius 1 is 1.25 bits per heavy atom. The quantitative estimate of drug-likeness (QED) is 0.477. The predicted octanol–water partition coefficient (Wildman–Crippen LogP) is 2.07. The number of aliphatic imine (C=N–C) groups is 1. The van der Waals surface area contributed by atoms with E-state index in [4.69, 9.17) is 5.73 Å². The summed E-state index contributed by atoms with van der Waals surface area (Å²) in [6.45, 7) is 8.18. The van der Waals surface area contributed by atoms with Crippen LogP contribution in [0.25, 0.3) is 0 Å². The highest BCUT2D eigenvalue weighted by Gasteiger charge is 2.16. The highest BCUT2D eigenvalue weighted by atomic mass is 19.1. The fourth-order valence-corrected chi connectivity index (χ4v) is 2.18. The third kappa shape index (κ3) is 7.94. The largest absolute Gasteiger partial charge is 0.369 e. The molecular weight excluding hydrogens is 307 g/mol. The van der Waals surface area contributed by atoms with Gasteiger partial charge in [0, 0.05) is 13.1 Å². The number of carbonyl (C=O) groups is 1. The lowest BCUT2D eigenvalue weighted by atomic mass is 9.99. The third-order valence-electron chi connectivity index (χ3n) is 3.63. The molecule has 0 saturated carbocycles. The van der Waals surface area contributed by atoms with E-state index in [9.17, 15) is 9.18 Å². The Kier molecular flexibility index (Phi) is 8.83. The minimum absolute atomic E-state index is 0.295. The summed E-state index contributed by atoms with van der Waals surface area (Å²) >= 11 is 0. The van der Waals surface area contributed by atoms with E-state index < -0.39 is 11.8 Å². The van der Waals surface area contributed by atoms with Crippen LogP contribution in [0.5, 0.6) is 0 Å². The van der Waals surface area contributed by atoms with Gasteiger partial charge in [0.15, 0.2) is 5.96 Å². The fourth-order valence-electron chi connectivity index (χ4n) is 2.18. The van der Waals surface area contributed by atoms with Crippen molar-refractivity contribution in [2.24, 2.45) is 22.6 Å². The van der Waals surface area contributed by atoms with E-state index in [1.807, 2.05) is 6.92 Å². The van der Waals surface area contributed by atoms with Crippen LogP contribution in [0.15, 0.2) is 29.3 Å². The summed E-state index contributed by atoms with van der Waals surface area (Å²) in [6, 6.07) is 6.10. The summed E-state index contributed by atoms with van der Waals surface area (Å²) < 4.78 is 13.0. The summed E-state index contributed by atoms with van der Waals surface area (Å²) in [6.07, 6.45) is 1.49. The average molecular weight is 336 g/mol. The van der Waals surface area contributed by atoms with Crippen molar-refractivity contribution in [3.63, 3.8) is 0 Å². The zero-order valence-electron chi connectivity index (χ0n) is 14.8. The Balaban J connectivity index is 2.66. The minimum atomic E-state index is -0.420. The zero-order valence-corrected chi connectivity index (χ0v) is 14.8. The van der Waals surface area contributed by atoms with Crippen LogP contribution in [0, 0.1) is 17.7 Å². The lowest BCUT2D eigenvalue weighted by Gasteiger charge is -2.15. The number of hydrogen-bond acceptors (Lipinski definition) is 2. The number of nitrogens with two attached hydrogens (primary N) is 1. The van der Waals surface area contributed by atoms with Gasteiger partial charge in [-0.2, -0.15) is 0 Å². The van der Waals surface area contributed by atoms with Crippen molar-refractivity contribution in [2.45, 2.75) is 33.6 Å². The van der Waals surface area contributed by atoms with Crippen LogP contribution in [0.1, 0.15) is 32.8 Å². The molecule has 0 bridgehead atoms. The number of hydrogen-bond donors (Lipinski definition) is 3. The van der Waals surface area contributed by atoms with Crippen molar-refractivity contribution in [1.82, 2.24) is 10.6 Å². The maximum absolute atomic E-state index is 13.0. The molecule has 24 heavy (non-hydrogen) atoms. The van der Waals surface area contributed by atoms with Crippen LogP contribution < -0.4 is 16.4 Å². The third-order valence-corrected chi connectivity index (χ3v) is 3.63. The molecule has 1 rings (SSSR count). The van der Waals surface area contributed by atoms with Crippen LogP contribution in [0.4, 0.5) is 4.39 Å². The van der Waals surface area contributed by atoms with E-state index in [0.29, 0.717) is 24.8 Å². The van der Waals surface area contributed by atoms with Gasteiger partial charge in [0.1, 0.15) is 5.82 Å². The summed E-state index contributed by atoms with van der Waals surface area (Å²) in [4.78, 5) is 16.1. The Bertz CT molecular complexity index is 528. The Labute approximate surface area is 143 Å². The van der Waals surface area contributed by atoms with Gasteiger partial charge in [-0.15, -0.1) is 0 Å². The zero-order chi connectivity index (χ0) is 17.9. The van der Waals surface area contributed by atoms with Gasteiger partial charge < -0.3 is 16.4 Å². The smallest absolute Gasteiger partial charge is 0.222 e. The molecule has 0 radical (unpaired) electrons. The maximum atomic E-state index is 13.0. The Morgan fingerprint density at radius 2 is 1.92 bits per heavy atom. The van der Waals surface area contributed by atoms with Gasteiger partial charge in [0.25, 0.3) is 0 Å². The molecule has 1 aromatic carbocycles. The molecule has 1 amide bonds. The number of rotatable bonds is 9. The van der Waals surface area contributed by atoms with Gasteiger partial charge in [0.05, 0.1) is 12.5 Å². The number of primary amides is 1. The minimum Gasteiger partial charge on any atom is -0.369 e. The summed E-state index contributed by atoms with van der Waals surface area (Å²) in [5.41, 5.74) is 6.36. The topological polar surface area (TPSA) is 79.5 Å². The number of amides is 1. The lowest BCUT2D eigenvalue weighted by molar-refractivity contribution is -0.121. The van der Waals surface area contributed by atoms with Crippen LogP contribution >= 0.6 is 0 Å². The molecule has 0 aromatic heterocycles. The van der Waals surface area contributed by atoms with Crippen molar-refractivity contribution in [3.05, 3.63) is 35.6 Å². The van der Waals surface area contributed by atoms with Crippen molar-refractivity contribution in [2.75, 3.05) is 19.6 Å². The average Bonchev–Trinajstić information content (AvgIpc) is 2.52. The first-order chi connectivity index (χ1) is 11.4. The number of carbonyl (C=O) groups excluding carboxylic acids is 1. The maximum Gasteiger partial charge on any atom is 0.222 e. The number of guanidine groups is 1. The van der Waals surface area contributed by atoms with Crippen LogP contribution in [-0.2, 0) is 11.2 Å². The summed E-state index contributed by atoms with van der Waals surface area (Å²) in [5.74, 6) is 0.175. The molecule has 1 unspecified atom stereocenters. The van der Waals surface area contributed by atoms with E-state index in [2.05, 4.69) is 29.5 Å². The van der Waals surface area contributed by atoms with Crippen molar-refractivity contribution >= 4 is 11.9 Å². The normalized spacial score (nSPS) is 13.0. The Hall–Kier alpha value is -2.11. The molecule has 0 aliphatic heterocycles. The van der Waals surface area contributed by atoms with Crippen molar-refractivity contribution in [1.29, 1.82) is 0 Å². The molecule has 1 aromatic rings. The van der Waals surface area contributed by atoms with Crippen LogP contribution in [0.3, 0.4) is 0 Å². The highest BCUT2D eigenvalue weighted by Crippen LogP contribution is 2.10. The second kappa shape index (κ2) is 10.6. The van der Waals surface area contributed by atoms with E-state index in [1.54, 1.807) is 12.1 Å². The van der Waals surface area contributed by atoms with Crippen LogP contribution in [-0.4, -0.2) is 31.5 Å². The van der Waals surface area contributed by atoms with Crippen molar-refractivity contribution < 1.29 is 9.18 Å². The van der Waals surface area contributed by atoms with Gasteiger partial charge in [-0.25, -0.2) is 4.39 Å². The molecule has 0 aliphatic carbocycles. The van der Waals surface area contributed by atoms with Crippen molar-refractivity contribution in [3.8, 4) is 0 Å². The monoisotopic (exact) mass is 336 g/mol. The van der Waals surface area contributed by atoms with E-state index in [1.165, 1.54) is 12.1 Å². The molecule has 134 valence electrons. The molecular formula is C18H29FN4O. The lowest BCUT2D eigenvalue weighted by Crippen LogP contribution is -2.39. The fraction of sp³-hybridized carbons (Fsp3) is 0.556. The molecule has 0 fully saturated rings. The van der Waals surface area contributed by atoms with Gasteiger partial charge in [-0.05, 0) is 43.4 Å². The molecule has 0 heterocycles. The molecule has 1 atom stereocenters. The number of nitrogens with zero attached hydrogens (tertiary/aromatic N) is 1. The predicted molar refractivity (Wildman–Crippen MR) is 96.2 cm³/mol. The molecule has 6 heteroatoms.